The van der Waals surface area contributed by atoms with Crippen LogP contribution in [0, 0.1) is 11.3 Å². The molecular formula is C22H25N7O2. The lowest BCUT2D eigenvalue weighted by molar-refractivity contribution is -0.128. The number of nitriles is 1. The summed E-state index contributed by atoms with van der Waals surface area (Å²) in [6.07, 6.45) is 4.69. The molecule has 31 heavy (non-hydrogen) atoms. The molecule has 160 valence electrons. The molecule has 1 atom stereocenters. The van der Waals surface area contributed by atoms with Crippen molar-refractivity contribution in [2.75, 3.05) is 24.6 Å². The van der Waals surface area contributed by atoms with Crippen LogP contribution in [0.15, 0.2) is 42.9 Å². The number of carbonyl (C=O) groups excluding carboxylic acids is 1. The van der Waals surface area contributed by atoms with Gasteiger partial charge in [0, 0.05) is 25.9 Å². The molecule has 0 bridgehead atoms. The third kappa shape index (κ3) is 4.21. The number of carbonyl (C=O) groups is 1. The molecule has 1 fully saturated rings. The molecule has 4 rings (SSSR count). The summed E-state index contributed by atoms with van der Waals surface area (Å²) in [5.74, 6) is 0.605. The van der Waals surface area contributed by atoms with Crippen LogP contribution in [0.1, 0.15) is 36.4 Å². The van der Waals surface area contributed by atoms with Crippen molar-refractivity contribution >= 4 is 22.8 Å². The molecule has 0 aliphatic carbocycles. The fraction of sp³-hybridized carbons (Fsp3) is 0.364. The molecule has 2 aromatic heterocycles. The van der Waals surface area contributed by atoms with Crippen LogP contribution in [-0.2, 0) is 4.79 Å². The zero-order chi connectivity index (χ0) is 21.8. The Balaban J connectivity index is 1.44. The number of hydrogen-bond donors (Lipinski definition) is 4. The van der Waals surface area contributed by atoms with Crippen molar-refractivity contribution in [3.8, 4) is 6.07 Å². The number of nitrogens with two attached hydrogens (primary N) is 1. The number of aromatic amines is 1. The molecule has 5 N–H and O–H groups in total. The second-order valence-electron chi connectivity index (χ2n) is 7.85. The second kappa shape index (κ2) is 8.71. The van der Waals surface area contributed by atoms with Crippen LogP contribution in [0.2, 0.25) is 0 Å². The van der Waals surface area contributed by atoms with E-state index >= 15 is 0 Å². The first-order valence-corrected chi connectivity index (χ1v) is 10.3. The van der Waals surface area contributed by atoms with Gasteiger partial charge >= 0.3 is 0 Å². The Morgan fingerprint density at radius 2 is 2.03 bits per heavy atom. The van der Waals surface area contributed by atoms with Gasteiger partial charge in [0.05, 0.1) is 28.6 Å². The monoisotopic (exact) mass is 419 g/mol. The standard InChI is InChI=1S/C22H25N7O2/c23-13-15-1-3-16(4-2-15)18(6-12-30)28-21(31)22(24)7-10-29(11-8-22)20-17-5-9-25-19(17)26-14-27-20/h1-5,9,14,18,30H,6-8,10-12,24H2,(H,28,31)(H,25,26,27). The van der Waals surface area contributed by atoms with E-state index in [0.29, 0.717) is 37.9 Å². The first-order valence-electron chi connectivity index (χ1n) is 10.3. The van der Waals surface area contributed by atoms with Gasteiger partial charge in [-0.3, -0.25) is 4.79 Å². The van der Waals surface area contributed by atoms with E-state index in [1.54, 1.807) is 24.3 Å². The van der Waals surface area contributed by atoms with Crippen molar-refractivity contribution in [1.29, 1.82) is 5.26 Å². The normalized spacial score (nSPS) is 16.6. The summed E-state index contributed by atoms with van der Waals surface area (Å²) in [4.78, 5) is 27.0. The molecule has 9 heteroatoms. The van der Waals surface area contributed by atoms with Gasteiger partial charge < -0.3 is 26.0 Å². The van der Waals surface area contributed by atoms with Crippen LogP contribution in [0.5, 0.6) is 0 Å². The van der Waals surface area contributed by atoms with Crippen LogP contribution in [-0.4, -0.2) is 51.2 Å². The molecule has 3 aromatic rings. The maximum absolute atomic E-state index is 13.1. The highest BCUT2D eigenvalue weighted by Crippen LogP contribution is 2.29. The van der Waals surface area contributed by atoms with Crippen LogP contribution < -0.4 is 16.0 Å². The lowest BCUT2D eigenvalue weighted by Gasteiger charge is -2.39. The van der Waals surface area contributed by atoms with Crippen molar-refractivity contribution in [3.05, 3.63) is 54.0 Å². The quantitative estimate of drug-likeness (QED) is 0.472. The Hall–Kier alpha value is -3.48. The fourth-order valence-electron chi connectivity index (χ4n) is 4.00. The van der Waals surface area contributed by atoms with Gasteiger partial charge in [-0.15, -0.1) is 0 Å². The molecule has 1 aliphatic heterocycles. The number of rotatable bonds is 6. The van der Waals surface area contributed by atoms with Crippen molar-refractivity contribution < 1.29 is 9.90 Å². The number of nitrogens with one attached hydrogen (secondary N) is 2. The number of aromatic nitrogens is 3. The van der Waals surface area contributed by atoms with Gasteiger partial charge in [-0.25, -0.2) is 9.97 Å². The average molecular weight is 419 g/mol. The van der Waals surface area contributed by atoms with Gasteiger partial charge in [-0.2, -0.15) is 5.26 Å². The number of fused-ring (bicyclic) bond motifs is 1. The Morgan fingerprint density at radius 1 is 1.29 bits per heavy atom. The SMILES string of the molecule is N#Cc1ccc(C(CCO)NC(=O)C2(N)CCN(c3ncnc4[nH]ccc34)CC2)cc1. The minimum atomic E-state index is -0.999. The van der Waals surface area contributed by atoms with Crippen molar-refractivity contribution in [2.24, 2.45) is 5.73 Å². The Kier molecular flexibility index (Phi) is 5.84. The lowest BCUT2D eigenvalue weighted by Crippen LogP contribution is -2.60. The summed E-state index contributed by atoms with van der Waals surface area (Å²) < 4.78 is 0. The van der Waals surface area contributed by atoms with E-state index in [-0.39, 0.29) is 18.6 Å². The van der Waals surface area contributed by atoms with E-state index in [1.165, 1.54) is 6.33 Å². The Morgan fingerprint density at radius 3 is 2.71 bits per heavy atom. The van der Waals surface area contributed by atoms with E-state index < -0.39 is 5.54 Å². The number of benzene rings is 1. The van der Waals surface area contributed by atoms with E-state index in [0.717, 1.165) is 22.4 Å². The predicted molar refractivity (Wildman–Crippen MR) is 116 cm³/mol. The highest BCUT2D eigenvalue weighted by molar-refractivity contribution is 5.89. The topological polar surface area (TPSA) is 144 Å². The third-order valence-corrected chi connectivity index (χ3v) is 5.91. The summed E-state index contributed by atoms with van der Waals surface area (Å²) in [5, 5.41) is 22.4. The second-order valence-corrected chi connectivity index (χ2v) is 7.85. The van der Waals surface area contributed by atoms with Crippen molar-refractivity contribution in [1.82, 2.24) is 20.3 Å². The Bertz CT molecular complexity index is 1090. The maximum Gasteiger partial charge on any atom is 0.240 e. The third-order valence-electron chi connectivity index (χ3n) is 5.91. The summed E-state index contributed by atoms with van der Waals surface area (Å²) in [6.45, 7) is 1.13. The van der Waals surface area contributed by atoms with Crippen molar-refractivity contribution in [3.63, 3.8) is 0 Å². The summed E-state index contributed by atoms with van der Waals surface area (Å²) >= 11 is 0. The molecule has 0 spiro atoms. The molecule has 1 saturated heterocycles. The largest absolute Gasteiger partial charge is 0.396 e. The van der Waals surface area contributed by atoms with Gasteiger partial charge in [0.25, 0.3) is 0 Å². The summed E-state index contributed by atoms with van der Waals surface area (Å²) in [6, 6.07) is 10.6. The smallest absolute Gasteiger partial charge is 0.240 e. The molecule has 0 saturated carbocycles. The first kappa shape index (κ1) is 20.8. The van der Waals surface area contributed by atoms with Crippen molar-refractivity contribution in [2.45, 2.75) is 30.8 Å². The zero-order valence-corrected chi connectivity index (χ0v) is 17.1. The van der Waals surface area contributed by atoms with E-state index in [1.807, 2.05) is 12.3 Å². The highest BCUT2D eigenvalue weighted by atomic mass is 16.3. The minimum absolute atomic E-state index is 0.0727. The fourth-order valence-corrected chi connectivity index (χ4v) is 4.00. The first-order chi connectivity index (χ1) is 15.0. The van der Waals surface area contributed by atoms with Gasteiger partial charge in [-0.1, -0.05) is 12.1 Å². The molecular weight excluding hydrogens is 394 g/mol. The molecule has 1 amide bonds. The summed E-state index contributed by atoms with van der Waals surface area (Å²) in [7, 11) is 0. The number of hydrogen-bond acceptors (Lipinski definition) is 7. The van der Waals surface area contributed by atoms with E-state index in [2.05, 4.69) is 31.2 Å². The number of piperidine rings is 1. The molecule has 0 radical (unpaired) electrons. The van der Waals surface area contributed by atoms with Gasteiger partial charge in [-0.05, 0) is 43.0 Å². The van der Waals surface area contributed by atoms with E-state index in [4.69, 9.17) is 11.0 Å². The maximum atomic E-state index is 13.1. The number of H-pyrrole nitrogens is 1. The van der Waals surface area contributed by atoms with Crippen LogP contribution in [0.25, 0.3) is 11.0 Å². The zero-order valence-electron chi connectivity index (χ0n) is 17.1. The van der Waals surface area contributed by atoms with Gasteiger partial charge in [0.15, 0.2) is 0 Å². The van der Waals surface area contributed by atoms with Gasteiger partial charge in [0.1, 0.15) is 17.8 Å². The number of nitrogens with zero attached hydrogens (tertiary/aromatic N) is 4. The Labute approximate surface area is 179 Å². The van der Waals surface area contributed by atoms with Crippen LogP contribution >= 0.6 is 0 Å². The number of aliphatic hydroxyl groups excluding tert-OH is 1. The number of amides is 1. The molecule has 1 aromatic carbocycles. The minimum Gasteiger partial charge on any atom is -0.396 e. The molecule has 3 heterocycles. The molecule has 9 nitrogen and oxygen atoms in total. The number of anilines is 1. The highest BCUT2D eigenvalue weighted by Gasteiger charge is 2.39. The van der Waals surface area contributed by atoms with Gasteiger partial charge in [0.2, 0.25) is 5.91 Å². The van der Waals surface area contributed by atoms with E-state index in [9.17, 15) is 9.90 Å². The average Bonchev–Trinajstić information content (AvgIpc) is 3.28. The number of aliphatic hydroxyl groups is 1. The van der Waals surface area contributed by atoms with Crippen LogP contribution in [0.4, 0.5) is 5.82 Å². The summed E-state index contributed by atoms with van der Waals surface area (Å²) in [5.41, 5.74) is 7.68. The predicted octanol–water partition coefficient (Wildman–Crippen LogP) is 1.37. The molecule has 1 unspecified atom stereocenters. The van der Waals surface area contributed by atoms with Crippen LogP contribution in [0.3, 0.4) is 0 Å². The molecule has 1 aliphatic rings. The lowest BCUT2D eigenvalue weighted by atomic mass is 9.87.